The molecule has 1 amide bonds. The Bertz CT molecular complexity index is 1080. The minimum Gasteiger partial charge on any atom is -0.495 e. The molecule has 3 aromatic rings. The Morgan fingerprint density at radius 1 is 1.14 bits per heavy atom. The van der Waals surface area contributed by atoms with Crippen LogP contribution in [0.2, 0.25) is 0 Å². The largest absolute Gasteiger partial charge is 0.495 e. The second-order valence-electron chi connectivity index (χ2n) is 6.19. The summed E-state index contributed by atoms with van der Waals surface area (Å²) >= 11 is 1.40. The van der Waals surface area contributed by atoms with Crippen LogP contribution in [0, 0.1) is 0 Å². The number of nitrogens with zero attached hydrogens (tertiary/aromatic N) is 2. The van der Waals surface area contributed by atoms with Gasteiger partial charge in [-0.3, -0.25) is 4.79 Å². The molecule has 0 atom stereocenters. The highest BCUT2D eigenvalue weighted by Crippen LogP contribution is 2.35. The molecule has 0 radical (unpaired) electrons. The number of aromatic nitrogens is 1. The van der Waals surface area contributed by atoms with Crippen LogP contribution in [0.4, 0.5) is 0 Å². The molecule has 0 aliphatic carbocycles. The van der Waals surface area contributed by atoms with Crippen LogP contribution in [0.5, 0.6) is 17.2 Å². The second-order valence-corrected chi connectivity index (χ2v) is 7.17. The average molecular weight is 413 g/mol. The molecule has 0 N–H and O–H groups in total. The van der Waals surface area contributed by atoms with Gasteiger partial charge in [0.2, 0.25) is 0 Å². The minimum atomic E-state index is -0.225. The van der Waals surface area contributed by atoms with Crippen LogP contribution in [-0.4, -0.2) is 31.3 Å². The number of benzene rings is 2. The Labute approximate surface area is 173 Å². The highest BCUT2D eigenvalue weighted by molar-refractivity contribution is 7.16. The number of rotatable bonds is 8. The quantitative estimate of drug-likeness (QED) is 0.525. The maximum absolute atomic E-state index is 12.6. The predicted octanol–water partition coefficient (Wildman–Crippen LogP) is 3.97. The molecule has 0 bridgehead atoms. The SMILES string of the molecule is C=CCn1c(=NC(=O)Cc2ccc(OCC)cc2)sc2c(OC)ccc(OC)c21. The van der Waals surface area contributed by atoms with Crippen LogP contribution >= 0.6 is 11.3 Å². The van der Waals surface area contributed by atoms with Gasteiger partial charge < -0.3 is 18.8 Å². The van der Waals surface area contributed by atoms with Crippen LogP contribution in [0.3, 0.4) is 0 Å². The first kappa shape index (κ1) is 20.7. The van der Waals surface area contributed by atoms with Gasteiger partial charge in [-0.2, -0.15) is 4.99 Å². The van der Waals surface area contributed by atoms with Gasteiger partial charge in [0.25, 0.3) is 5.91 Å². The molecule has 29 heavy (non-hydrogen) atoms. The Hall–Kier alpha value is -3.06. The van der Waals surface area contributed by atoms with Gasteiger partial charge in [0.1, 0.15) is 27.5 Å². The molecule has 0 fully saturated rings. The van der Waals surface area contributed by atoms with E-state index in [4.69, 9.17) is 14.2 Å². The van der Waals surface area contributed by atoms with Crippen molar-refractivity contribution in [1.29, 1.82) is 0 Å². The van der Waals surface area contributed by atoms with Crippen molar-refractivity contribution in [2.45, 2.75) is 19.9 Å². The van der Waals surface area contributed by atoms with Crippen LogP contribution < -0.4 is 19.0 Å². The Kier molecular flexibility index (Phi) is 6.72. The first-order valence-electron chi connectivity index (χ1n) is 9.25. The fraction of sp³-hybridized carbons (Fsp3) is 0.273. The smallest absolute Gasteiger partial charge is 0.252 e. The fourth-order valence-electron chi connectivity index (χ4n) is 3.03. The molecule has 1 aromatic heterocycles. The summed E-state index contributed by atoms with van der Waals surface area (Å²) in [5, 5.41) is 0. The van der Waals surface area contributed by atoms with Gasteiger partial charge in [0, 0.05) is 6.54 Å². The van der Waals surface area contributed by atoms with Gasteiger partial charge in [-0.15, -0.1) is 6.58 Å². The number of thiazole rings is 1. The summed E-state index contributed by atoms with van der Waals surface area (Å²) < 4.78 is 19.2. The molecule has 0 aliphatic heterocycles. The van der Waals surface area contributed by atoms with E-state index >= 15 is 0 Å². The number of hydrogen-bond donors (Lipinski definition) is 0. The maximum atomic E-state index is 12.6. The number of carbonyl (C=O) groups excluding carboxylic acids is 1. The lowest BCUT2D eigenvalue weighted by molar-refractivity contribution is -0.117. The molecule has 6 nitrogen and oxygen atoms in total. The maximum Gasteiger partial charge on any atom is 0.252 e. The van der Waals surface area contributed by atoms with Crippen molar-refractivity contribution >= 4 is 27.5 Å². The molecular formula is C22H24N2O4S. The lowest BCUT2D eigenvalue weighted by atomic mass is 10.1. The third-order valence-electron chi connectivity index (χ3n) is 4.31. The van der Waals surface area contributed by atoms with Crippen molar-refractivity contribution in [3.63, 3.8) is 0 Å². The molecule has 3 rings (SSSR count). The molecular weight excluding hydrogens is 388 g/mol. The average Bonchev–Trinajstić information content (AvgIpc) is 3.07. The van der Waals surface area contributed by atoms with E-state index in [9.17, 15) is 4.79 Å². The fourth-order valence-corrected chi connectivity index (χ4v) is 4.19. The lowest BCUT2D eigenvalue weighted by Crippen LogP contribution is -2.17. The van der Waals surface area contributed by atoms with Crippen LogP contribution in [0.1, 0.15) is 12.5 Å². The monoisotopic (exact) mass is 412 g/mol. The van der Waals surface area contributed by atoms with E-state index < -0.39 is 0 Å². The van der Waals surface area contributed by atoms with Gasteiger partial charge >= 0.3 is 0 Å². The summed E-state index contributed by atoms with van der Waals surface area (Å²) in [5.74, 6) is 1.97. The van der Waals surface area contributed by atoms with Crippen molar-refractivity contribution in [3.8, 4) is 17.2 Å². The van der Waals surface area contributed by atoms with Crippen LogP contribution in [0.15, 0.2) is 54.0 Å². The van der Waals surface area contributed by atoms with Crippen LogP contribution in [-0.2, 0) is 17.8 Å². The van der Waals surface area contributed by atoms with Gasteiger partial charge in [-0.05, 0) is 36.8 Å². The lowest BCUT2D eigenvalue weighted by Gasteiger charge is -2.08. The molecule has 0 unspecified atom stereocenters. The Balaban J connectivity index is 2.00. The third-order valence-corrected chi connectivity index (χ3v) is 5.41. The van der Waals surface area contributed by atoms with Crippen LogP contribution in [0.25, 0.3) is 10.2 Å². The third kappa shape index (κ3) is 4.51. The Morgan fingerprint density at radius 2 is 1.83 bits per heavy atom. The predicted molar refractivity (Wildman–Crippen MR) is 115 cm³/mol. The molecule has 2 aromatic carbocycles. The molecule has 1 heterocycles. The normalized spacial score (nSPS) is 11.5. The highest BCUT2D eigenvalue weighted by Gasteiger charge is 2.16. The van der Waals surface area contributed by atoms with Crippen molar-refractivity contribution in [2.24, 2.45) is 4.99 Å². The zero-order valence-corrected chi connectivity index (χ0v) is 17.6. The zero-order chi connectivity index (χ0) is 20.8. The summed E-state index contributed by atoms with van der Waals surface area (Å²) in [6, 6.07) is 11.2. The van der Waals surface area contributed by atoms with Crippen molar-refractivity contribution in [1.82, 2.24) is 4.57 Å². The van der Waals surface area contributed by atoms with E-state index in [2.05, 4.69) is 11.6 Å². The molecule has 0 saturated heterocycles. The first-order chi connectivity index (χ1) is 14.1. The highest BCUT2D eigenvalue weighted by atomic mass is 32.1. The number of amides is 1. The van der Waals surface area contributed by atoms with Gasteiger partial charge in [0.05, 0.1) is 27.2 Å². The first-order valence-corrected chi connectivity index (χ1v) is 10.1. The van der Waals surface area contributed by atoms with Crippen molar-refractivity contribution in [3.05, 3.63) is 59.4 Å². The summed E-state index contributed by atoms with van der Waals surface area (Å²) in [7, 11) is 3.23. The number of hydrogen-bond acceptors (Lipinski definition) is 5. The molecule has 0 saturated carbocycles. The Morgan fingerprint density at radius 3 is 2.45 bits per heavy atom. The number of ether oxygens (including phenoxy) is 3. The molecule has 0 aliphatic rings. The number of fused-ring (bicyclic) bond motifs is 1. The zero-order valence-electron chi connectivity index (χ0n) is 16.8. The van der Waals surface area contributed by atoms with E-state index in [1.54, 1.807) is 20.3 Å². The molecule has 0 spiro atoms. The van der Waals surface area contributed by atoms with E-state index in [0.717, 1.165) is 21.5 Å². The molecule has 7 heteroatoms. The number of allylic oxidation sites excluding steroid dienone is 1. The topological polar surface area (TPSA) is 62.1 Å². The van der Waals surface area contributed by atoms with Crippen molar-refractivity contribution in [2.75, 3.05) is 20.8 Å². The summed E-state index contributed by atoms with van der Waals surface area (Å²) in [6.07, 6.45) is 1.98. The summed E-state index contributed by atoms with van der Waals surface area (Å²) in [4.78, 5) is 17.6. The standard InChI is InChI=1S/C22H24N2O4S/c1-5-13-24-20-17(26-3)11-12-18(27-4)21(20)29-22(24)23-19(25)14-15-7-9-16(10-8-15)28-6-2/h5,7-12H,1,6,13-14H2,2-4H3. The summed E-state index contributed by atoms with van der Waals surface area (Å²) in [6.45, 7) is 6.87. The van der Waals surface area contributed by atoms with E-state index in [-0.39, 0.29) is 12.3 Å². The van der Waals surface area contributed by atoms with Gasteiger partial charge in [0.15, 0.2) is 4.80 Å². The summed E-state index contributed by atoms with van der Waals surface area (Å²) in [5.41, 5.74) is 1.72. The molecule has 152 valence electrons. The van der Waals surface area contributed by atoms with Crippen molar-refractivity contribution < 1.29 is 19.0 Å². The number of carbonyl (C=O) groups is 1. The van der Waals surface area contributed by atoms with E-state index in [1.165, 1.54) is 11.3 Å². The second kappa shape index (κ2) is 9.43. The van der Waals surface area contributed by atoms with Gasteiger partial charge in [-0.25, -0.2) is 0 Å². The van der Waals surface area contributed by atoms with E-state index in [0.29, 0.717) is 29.5 Å². The van der Waals surface area contributed by atoms with Gasteiger partial charge in [-0.1, -0.05) is 29.5 Å². The van der Waals surface area contributed by atoms with E-state index in [1.807, 2.05) is 47.9 Å². The number of methoxy groups -OCH3 is 2. The minimum absolute atomic E-state index is 0.211.